The molecule has 1 aliphatic heterocycles. The van der Waals surface area contributed by atoms with E-state index in [4.69, 9.17) is 9.73 Å². The summed E-state index contributed by atoms with van der Waals surface area (Å²) >= 11 is 0. The summed E-state index contributed by atoms with van der Waals surface area (Å²) in [6, 6.07) is 18.7. The van der Waals surface area contributed by atoms with E-state index >= 15 is 0 Å². The molecule has 3 rings (SSSR count). The summed E-state index contributed by atoms with van der Waals surface area (Å²) in [4.78, 5) is 17.0. The van der Waals surface area contributed by atoms with Gasteiger partial charge in [0, 0.05) is 24.9 Å². The number of nitrogens with one attached hydrogen (secondary N) is 3. The van der Waals surface area contributed by atoms with Crippen molar-refractivity contribution in [3.63, 3.8) is 0 Å². The van der Waals surface area contributed by atoms with E-state index in [2.05, 4.69) is 54.1 Å². The van der Waals surface area contributed by atoms with Crippen molar-refractivity contribution in [2.75, 3.05) is 18.5 Å². The number of carbonyl (C=O) groups excluding carboxylic acids is 1. The van der Waals surface area contributed by atoms with Crippen LogP contribution in [0, 0.1) is 0 Å². The zero-order valence-corrected chi connectivity index (χ0v) is 21.3. The smallest absolute Gasteiger partial charge is 0.253 e. The Labute approximate surface area is 208 Å². The zero-order valence-electron chi connectivity index (χ0n) is 19.0. The lowest BCUT2D eigenvalue weighted by atomic mass is 10.1. The summed E-state index contributed by atoms with van der Waals surface area (Å²) in [5, 5.41) is 9.77. The van der Waals surface area contributed by atoms with Gasteiger partial charge in [-0.15, -0.1) is 24.0 Å². The summed E-state index contributed by atoms with van der Waals surface area (Å²) in [7, 11) is 0. The maximum Gasteiger partial charge on any atom is 0.253 e. The third kappa shape index (κ3) is 8.78. The molecule has 6 nitrogen and oxygen atoms in total. The summed E-state index contributed by atoms with van der Waals surface area (Å²) in [6.45, 7) is 6.24. The lowest BCUT2D eigenvalue weighted by molar-refractivity contribution is -0.124. The first-order valence-corrected chi connectivity index (χ1v) is 11.2. The summed E-state index contributed by atoms with van der Waals surface area (Å²) < 4.78 is 5.46. The standard InChI is InChI=1S/C25H34N4O2.HI/c1-3-26-25(28-19(2)14-15-20-9-5-4-6-10-20)27-18-21-11-7-12-22(17-21)29-24(30)23-13-8-16-31-23;/h4-7,9-12,17,19,23H,3,8,13-16,18H2,1-2H3,(H,29,30)(H2,26,27,28);1H. The predicted octanol–water partition coefficient (Wildman–Crippen LogP) is 4.50. The molecule has 7 heteroatoms. The van der Waals surface area contributed by atoms with E-state index in [0.717, 1.165) is 49.4 Å². The molecule has 174 valence electrons. The van der Waals surface area contributed by atoms with Crippen molar-refractivity contribution in [3.05, 3.63) is 65.7 Å². The molecule has 0 radical (unpaired) electrons. The van der Waals surface area contributed by atoms with Crippen LogP contribution >= 0.6 is 24.0 Å². The van der Waals surface area contributed by atoms with Crippen molar-refractivity contribution in [2.45, 2.75) is 58.2 Å². The molecule has 2 aromatic carbocycles. The van der Waals surface area contributed by atoms with Crippen molar-refractivity contribution < 1.29 is 9.53 Å². The largest absolute Gasteiger partial charge is 0.368 e. The SMILES string of the molecule is CCNC(=NCc1cccc(NC(=O)C2CCCO2)c1)NC(C)CCc1ccccc1.I. The van der Waals surface area contributed by atoms with E-state index < -0.39 is 0 Å². The van der Waals surface area contributed by atoms with Crippen molar-refractivity contribution in [3.8, 4) is 0 Å². The van der Waals surface area contributed by atoms with Crippen LogP contribution in [-0.4, -0.2) is 37.2 Å². The first-order chi connectivity index (χ1) is 15.1. The minimum Gasteiger partial charge on any atom is -0.368 e. The van der Waals surface area contributed by atoms with Gasteiger partial charge in [-0.1, -0.05) is 42.5 Å². The second kappa shape index (κ2) is 14.1. The molecule has 2 aromatic rings. The minimum atomic E-state index is -0.330. The molecule has 0 aliphatic carbocycles. The molecule has 2 atom stereocenters. The van der Waals surface area contributed by atoms with E-state index in [0.29, 0.717) is 19.2 Å². The van der Waals surface area contributed by atoms with Crippen LogP contribution in [0.4, 0.5) is 5.69 Å². The monoisotopic (exact) mass is 550 g/mol. The average Bonchev–Trinajstić information content (AvgIpc) is 3.32. The molecule has 2 unspecified atom stereocenters. The highest BCUT2D eigenvalue weighted by atomic mass is 127. The van der Waals surface area contributed by atoms with Gasteiger partial charge in [0.05, 0.1) is 6.54 Å². The molecule has 0 bridgehead atoms. The summed E-state index contributed by atoms with van der Waals surface area (Å²) in [6.07, 6.45) is 3.45. The number of amides is 1. The van der Waals surface area contributed by atoms with E-state index in [1.807, 2.05) is 30.3 Å². The Hall–Kier alpha value is -2.13. The fourth-order valence-electron chi connectivity index (χ4n) is 3.58. The second-order valence-electron chi connectivity index (χ2n) is 7.96. The molecular weight excluding hydrogens is 515 g/mol. The lowest BCUT2D eigenvalue weighted by Gasteiger charge is -2.18. The Morgan fingerprint density at radius 2 is 1.94 bits per heavy atom. The van der Waals surface area contributed by atoms with Gasteiger partial charge in [-0.2, -0.15) is 0 Å². The maximum atomic E-state index is 12.3. The van der Waals surface area contributed by atoms with Crippen LogP contribution in [0.3, 0.4) is 0 Å². The number of aryl methyl sites for hydroxylation is 1. The third-order valence-corrected chi connectivity index (χ3v) is 5.27. The number of guanidine groups is 1. The molecule has 32 heavy (non-hydrogen) atoms. The number of hydrogen-bond acceptors (Lipinski definition) is 3. The predicted molar refractivity (Wildman–Crippen MR) is 142 cm³/mol. The molecule has 1 aliphatic rings. The van der Waals surface area contributed by atoms with E-state index in [-0.39, 0.29) is 36.0 Å². The van der Waals surface area contributed by atoms with E-state index in [9.17, 15) is 4.79 Å². The fraction of sp³-hybridized carbons (Fsp3) is 0.440. The molecule has 0 spiro atoms. The molecule has 1 saturated heterocycles. The highest BCUT2D eigenvalue weighted by Crippen LogP contribution is 2.16. The number of nitrogens with zero attached hydrogens (tertiary/aromatic N) is 1. The van der Waals surface area contributed by atoms with Crippen LogP contribution in [0.1, 0.15) is 44.2 Å². The molecule has 1 amide bonds. The minimum absolute atomic E-state index is 0. The Kier molecular flexibility index (Phi) is 11.5. The van der Waals surface area contributed by atoms with Crippen molar-refractivity contribution >= 4 is 41.5 Å². The Morgan fingerprint density at radius 3 is 2.66 bits per heavy atom. The van der Waals surface area contributed by atoms with Crippen LogP contribution in [0.2, 0.25) is 0 Å². The highest BCUT2D eigenvalue weighted by Gasteiger charge is 2.23. The fourth-order valence-corrected chi connectivity index (χ4v) is 3.58. The van der Waals surface area contributed by atoms with Crippen LogP contribution < -0.4 is 16.0 Å². The quantitative estimate of drug-likeness (QED) is 0.244. The Morgan fingerprint density at radius 1 is 1.16 bits per heavy atom. The summed E-state index contributed by atoms with van der Waals surface area (Å²) in [5.41, 5.74) is 3.17. The van der Waals surface area contributed by atoms with Crippen molar-refractivity contribution in [1.29, 1.82) is 0 Å². The number of ether oxygens (including phenoxy) is 1. The van der Waals surface area contributed by atoms with Gasteiger partial charge in [-0.25, -0.2) is 4.99 Å². The Bertz CT molecular complexity index is 854. The van der Waals surface area contributed by atoms with E-state index in [1.54, 1.807) is 0 Å². The second-order valence-corrected chi connectivity index (χ2v) is 7.96. The normalized spacial score (nSPS) is 16.7. The van der Waals surface area contributed by atoms with Crippen LogP contribution in [0.25, 0.3) is 0 Å². The van der Waals surface area contributed by atoms with Gasteiger partial charge >= 0.3 is 0 Å². The van der Waals surface area contributed by atoms with Gasteiger partial charge in [-0.05, 0) is 62.8 Å². The van der Waals surface area contributed by atoms with Crippen molar-refractivity contribution in [1.82, 2.24) is 10.6 Å². The van der Waals surface area contributed by atoms with Gasteiger partial charge in [0.2, 0.25) is 0 Å². The van der Waals surface area contributed by atoms with Crippen molar-refractivity contribution in [2.24, 2.45) is 4.99 Å². The first-order valence-electron chi connectivity index (χ1n) is 11.2. The van der Waals surface area contributed by atoms with Crippen LogP contribution in [-0.2, 0) is 22.5 Å². The Balaban J connectivity index is 0.00000363. The zero-order chi connectivity index (χ0) is 21.9. The van der Waals surface area contributed by atoms with Gasteiger partial charge in [0.25, 0.3) is 5.91 Å². The van der Waals surface area contributed by atoms with Gasteiger partial charge in [0.1, 0.15) is 6.10 Å². The van der Waals surface area contributed by atoms with Crippen LogP contribution in [0.15, 0.2) is 59.6 Å². The van der Waals surface area contributed by atoms with Gasteiger partial charge < -0.3 is 20.7 Å². The van der Waals surface area contributed by atoms with E-state index in [1.165, 1.54) is 5.56 Å². The highest BCUT2D eigenvalue weighted by molar-refractivity contribution is 14.0. The molecule has 0 saturated carbocycles. The number of rotatable bonds is 9. The summed E-state index contributed by atoms with van der Waals surface area (Å²) in [5.74, 6) is 0.734. The number of benzene rings is 2. The topological polar surface area (TPSA) is 74.8 Å². The number of aliphatic imine (C=N–C) groups is 1. The third-order valence-electron chi connectivity index (χ3n) is 5.27. The molecule has 1 fully saturated rings. The molecular formula is C25H35IN4O2. The van der Waals surface area contributed by atoms with Crippen LogP contribution in [0.5, 0.6) is 0 Å². The lowest BCUT2D eigenvalue weighted by Crippen LogP contribution is -2.42. The number of hydrogen-bond donors (Lipinski definition) is 3. The van der Waals surface area contributed by atoms with Gasteiger partial charge in [-0.3, -0.25) is 4.79 Å². The van der Waals surface area contributed by atoms with Gasteiger partial charge in [0.15, 0.2) is 5.96 Å². The molecule has 3 N–H and O–H groups in total. The number of anilines is 1. The molecule has 1 heterocycles. The molecule has 0 aromatic heterocycles. The average molecular weight is 550 g/mol. The number of carbonyl (C=O) groups is 1. The maximum absolute atomic E-state index is 12.3. The number of halogens is 1. The first kappa shape index (κ1) is 26.1.